The van der Waals surface area contributed by atoms with E-state index in [-0.39, 0.29) is 5.56 Å². The zero-order valence-electron chi connectivity index (χ0n) is 12.9. The molecule has 0 amide bonds. The fraction of sp³-hybridized carbons (Fsp3) is 0.278. The fourth-order valence-electron chi connectivity index (χ4n) is 2.78. The molecule has 4 nitrogen and oxygen atoms in total. The van der Waals surface area contributed by atoms with Gasteiger partial charge in [0, 0.05) is 12.2 Å². The minimum atomic E-state index is 0.00816. The number of para-hydroxylation sites is 1. The largest absolute Gasteiger partial charge is 0.268 e. The highest BCUT2D eigenvalue weighted by molar-refractivity contribution is 7.99. The topological polar surface area (TPSA) is 58.7 Å². The first-order valence-corrected chi connectivity index (χ1v) is 9.75. The summed E-state index contributed by atoms with van der Waals surface area (Å²) in [6.45, 7) is 0. The number of hydrogen-bond acceptors (Lipinski definition) is 5. The second kappa shape index (κ2) is 6.42. The molecular formula is C18H15N3OS2. The molecule has 0 radical (unpaired) electrons. The lowest BCUT2D eigenvalue weighted by molar-refractivity contribution is 0.821. The number of rotatable bonds is 5. The lowest BCUT2D eigenvalue weighted by Crippen LogP contribution is -2.21. The van der Waals surface area contributed by atoms with E-state index in [1.165, 1.54) is 11.8 Å². The van der Waals surface area contributed by atoms with Crippen LogP contribution in [-0.2, 0) is 0 Å². The Kier molecular flexibility index (Phi) is 4.13. The van der Waals surface area contributed by atoms with E-state index in [4.69, 9.17) is 10.2 Å². The second-order valence-electron chi connectivity index (χ2n) is 5.77. The number of thioether (sulfide) groups is 1. The minimum absolute atomic E-state index is 0.00816. The summed E-state index contributed by atoms with van der Waals surface area (Å²) in [6, 6.07) is 11.8. The summed E-state index contributed by atoms with van der Waals surface area (Å²) in [5.74, 6) is 1.15. The van der Waals surface area contributed by atoms with Gasteiger partial charge >= 0.3 is 0 Å². The molecule has 1 saturated carbocycles. The lowest BCUT2D eigenvalue weighted by Gasteiger charge is -2.12. The zero-order valence-corrected chi connectivity index (χ0v) is 14.6. The van der Waals surface area contributed by atoms with Gasteiger partial charge in [-0.25, -0.2) is 4.98 Å². The predicted molar refractivity (Wildman–Crippen MR) is 98.1 cm³/mol. The Hall–Kier alpha value is -2.10. The number of benzene rings is 1. The highest BCUT2D eigenvalue weighted by Crippen LogP contribution is 2.44. The van der Waals surface area contributed by atoms with E-state index in [2.05, 4.69) is 11.4 Å². The van der Waals surface area contributed by atoms with Crippen molar-refractivity contribution in [2.24, 2.45) is 0 Å². The molecular weight excluding hydrogens is 338 g/mol. The van der Waals surface area contributed by atoms with E-state index in [1.807, 2.05) is 30.3 Å². The van der Waals surface area contributed by atoms with Gasteiger partial charge < -0.3 is 0 Å². The van der Waals surface area contributed by atoms with Crippen LogP contribution >= 0.6 is 23.1 Å². The summed E-state index contributed by atoms with van der Waals surface area (Å²) in [4.78, 5) is 18.8. The molecule has 0 unspecified atom stereocenters. The van der Waals surface area contributed by atoms with E-state index in [0.717, 1.165) is 34.3 Å². The molecule has 0 saturated heterocycles. The van der Waals surface area contributed by atoms with Crippen LogP contribution in [0.2, 0.25) is 0 Å². The van der Waals surface area contributed by atoms with Crippen molar-refractivity contribution in [3.8, 4) is 11.8 Å². The highest BCUT2D eigenvalue weighted by Gasteiger charge is 2.29. The Morgan fingerprint density at radius 2 is 2.12 bits per heavy atom. The van der Waals surface area contributed by atoms with Crippen molar-refractivity contribution in [3.63, 3.8) is 0 Å². The van der Waals surface area contributed by atoms with Crippen LogP contribution in [0.3, 0.4) is 0 Å². The van der Waals surface area contributed by atoms with Crippen LogP contribution in [0, 0.1) is 11.3 Å². The van der Waals surface area contributed by atoms with Gasteiger partial charge in [-0.05, 0) is 41.8 Å². The first kappa shape index (κ1) is 15.4. The van der Waals surface area contributed by atoms with Gasteiger partial charge in [0.25, 0.3) is 5.56 Å². The van der Waals surface area contributed by atoms with Gasteiger partial charge in [0.1, 0.15) is 4.83 Å². The number of nitrogens with zero attached hydrogens (tertiary/aromatic N) is 3. The summed E-state index contributed by atoms with van der Waals surface area (Å²) in [6.07, 6.45) is 2.76. The third-order valence-corrected chi connectivity index (χ3v) is 5.91. The second-order valence-corrected chi connectivity index (χ2v) is 7.69. The molecule has 1 fully saturated rings. The predicted octanol–water partition coefficient (Wildman–Crippen LogP) is 4.33. The van der Waals surface area contributed by atoms with Crippen LogP contribution < -0.4 is 5.56 Å². The number of fused-ring (bicyclic) bond motifs is 1. The average Bonchev–Trinajstić information content (AvgIpc) is 3.36. The smallest absolute Gasteiger partial charge is 0.267 e. The molecule has 2 aromatic heterocycles. The van der Waals surface area contributed by atoms with Gasteiger partial charge in [-0.1, -0.05) is 30.0 Å². The van der Waals surface area contributed by atoms with E-state index >= 15 is 0 Å². The lowest BCUT2D eigenvalue weighted by atomic mass is 10.1. The molecule has 0 aliphatic heterocycles. The van der Waals surface area contributed by atoms with Gasteiger partial charge in [-0.2, -0.15) is 5.26 Å². The number of nitriles is 1. The van der Waals surface area contributed by atoms with Crippen LogP contribution in [-0.4, -0.2) is 15.3 Å². The molecule has 0 N–H and O–H groups in total. The Balaban J connectivity index is 1.92. The van der Waals surface area contributed by atoms with E-state index in [0.29, 0.717) is 23.2 Å². The highest BCUT2D eigenvalue weighted by atomic mass is 32.2. The SMILES string of the molecule is N#CCCSc1nc2scc(C3CC3)c2c(=O)n1-c1ccccc1. The number of hydrogen-bond donors (Lipinski definition) is 0. The van der Waals surface area contributed by atoms with Gasteiger partial charge in [-0.15, -0.1) is 11.3 Å². The van der Waals surface area contributed by atoms with Crippen molar-refractivity contribution in [2.75, 3.05) is 5.75 Å². The summed E-state index contributed by atoms with van der Waals surface area (Å²) in [5, 5.41) is 12.3. The van der Waals surface area contributed by atoms with E-state index < -0.39 is 0 Å². The van der Waals surface area contributed by atoms with Crippen LogP contribution in [0.1, 0.15) is 30.7 Å². The van der Waals surface area contributed by atoms with Crippen molar-refractivity contribution in [1.82, 2.24) is 9.55 Å². The summed E-state index contributed by atoms with van der Waals surface area (Å²) >= 11 is 3.02. The maximum Gasteiger partial charge on any atom is 0.267 e. The molecule has 2 heterocycles. The van der Waals surface area contributed by atoms with Crippen molar-refractivity contribution < 1.29 is 0 Å². The molecule has 120 valence electrons. The van der Waals surface area contributed by atoms with Crippen LogP contribution in [0.5, 0.6) is 0 Å². The minimum Gasteiger partial charge on any atom is -0.268 e. The van der Waals surface area contributed by atoms with Crippen LogP contribution in [0.15, 0.2) is 45.7 Å². The summed E-state index contributed by atoms with van der Waals surface area (Å²) < 4.78 is 1.70. The number of aromatic nitrogens is 2. The van der Waals surface area contributed by atoms with Crippen LogP contribution in [0.25, 0.3) is 15.9 Å². The Labute approximate surface area is 147 Å². The molecule has 6 heteroatoms. The molecule has 4 rings (SSSR count). The Bertz CT molecular complexity index is 981. The standard InChI is InChI=1S/C18H15N3OS2/c19-9-4-10-23-18-20-16-15(14(11-24-16)12-7-8-12)17(22)21(18)13-5-2-1-3-6-13/h1-3,5-6,11-12H,4,7-8,10H2. The molecule has 24 heavy (non-hydrogen) atoms. The summed E-state index contributed by atoms with van der Waals surface area (Å²) in [5.41, 5.74) is 1.99. The molecule has 3 aromatic rings. The third kappa shape index (κ3) is 2.74. The van der Waals surface area contributed by atoms with Gasteiger partial charge in [0.15, 0.2) is 5.16 Å². The van der Waals surface area contributed by atoms with Crippen molar-refractivity contribution in [3.05, 3.63) is 51.6 Å². The number of thiophene rings is 1. The Morgan fingerprint density at radius 3 is 2.83 bits per heavy atom. The Morgan fingerprint density at radius 1 is 1.33 bits per heavy atom. The molecule has 1 aliphatic rings. The molecule has 0 spiro atoms. The zero-order chi connectivity index (χ0) is 16.5. The molecule has 1 aliphatic carbocycles. The van der Waals surface area contributed by atoms with Gasteiger partial charge in [-0.3, -0.25) is 9.36 Å². The van der Waals surface area contributed by atoms with Crippen molar-refractivity contribution >= 4 is 33.3 Å². The third-order valence-electron chi connectivity index (χ3n) is 4.08. The van der Waals surface area contributed by atoms with Crippen molar-refractivity contribution in [1.29, 1.82) is 5.26 Å². The summed E-state index contributed by atoms with van der Waals surface area (Å²) in [7, 11) is 0. The van der Waals surface area contributed by atoms with E-state index in [1.54, 1.807) is 15.9 Å². The fourth-order valence-corrected chi connectivity index (χ4v) is 4.70. The first-order chi connectivity index (χ1) is 11.8. The molecule has 1 aromatic carbocycles. The first-order valence-electron chi connectivity index (χ1n) is 7.89. The quantitative estimate of drug-likeness (QED) is 0.389. The van der Waals surface area contributed by atoms with Gasteiger partial charge in [0.2, 0.25) is 0 Å². The molecule has 0 atom stereocenters. The monoisotopic (exact) mass is 353 g/mol. The van der Waals surface area contributed by atoms with Crippen LogP contribution in [0.4, 0.5) is 0 Å². The van der Waals surface area contributed by atoms with E-state index in [9.17, 15) is 4.79 Å². The molecule has 0 bridgehead atoms. The van der Waals surface area contributed by atoms with Crippen molar-refractivity contribution in [2.45, 2.75) is 30.3 Å². The van der Waals surface area contributed by atoms with Gasteiger partial charge in [0.05, 0.1) is 17.1 Å². The normalized spacial score (nSPS) is 14.0. The average molecular weight is 353 g/mol. The maximum absolute atomic E-state index is 13.2. The maximum atomic E-state index is 13.2.